The summed E-state index contributed by atoms with van der Waals surface area (Å²) >= 11 is 0. The van der Waals surface area contributed by atoms with E-state index in [1.807, 2.05) is 0 Å². The number of esters is 1. The highest BCUT2D eigenvalue weighted by atomic mass is 16.6. The SMILES string of the molecule is CC(C)(C)OC(=O)CNC(=O)c1c(O)c2c([nH]c1=O)COCC2. The summed E-state index contributed by atoms with van der Waals surface area (Å²) in [6.45, 7) is 5.29. The predicted octanol–water partition coefficient (Wildman–Crippen LogP) is 0.225. The first-order valence-electron chi connectivity index (χ1n) is 7.24. The van der Waals surface area contributed by atoms with Gasteiger partial charge in [0.05, 0.1) is 18.9 Å². The topological polar surface area (TPSA) is 118 Å². The Morgan fingerprint density at radius 1 is 1.39 bits per heavy atom. The van der Waals surface area contributed by atoms with E-state index in [0.29, 0.717) is 24.3 Å². The molecule has 8 heteroatoms. The fourth-order valence-electron chi connectivity index (χ4n) is 2.25. The van der Waals surface area contributed by atoms with E-state index in [2.05, 4.69) is 10.3 Å². The summed E-state index contributed by atoms with van der Waals surface area (Å²) in [5.41, 5.74) is -0.865. The molecule has 0 atom stereocenters. The first-order valence-corrected chi connectivity index (χ1v) is 7.24. The van der Waals surface area contributed by atoms with Gasteiger partial charge in [0.15, 0.2) is 0 Å². The van der Waals surface area contributed by atoms with Crippen molar-refractivity contribution in [2.45, 2.75) is 39.4 Å². The van der Waals surface area contributed by atoms with Gasteiger partial charge in [-0.05, 0) is 20.8 Å². The average molecular weight is 324 g/mol. The Balaban J connectivity index is 2.14. The number of rotatable bonds is 3. The summed E-state index contributed by atoms with van der Waals surface area (Å²) < 4.78 is 10.2. The molecule has 0 saturated carbocycles. The molecule has 2 heterocycles. The smallest absolute Gasteiger partial charge is 0.325 e. The molecule has 1 amide bonds. The number of carbonyl (C=O) groups excluding carboxylic acids is 2. The van der Waals surface area contributed by atoms with Crippen molar-refractivity contribution in [2.75, 3.05) is 13.2 Å². The van der Waals surface area contributed by atoms with E-state index in [0.717, 1.165) is 0 Å². The highest BCUT2D eigenvalue weighted by molar-refractivity contribution is 5.98. The summed E-state index contributed by atoms with van der Waals surface area (Å²) in [7, 11) is 0. The number of aromatic amines is 1. The minimum atomic E-state index is -0.830. The molecule has 0 radical (unpaired) electrons. The second-order valence-corrected chi connectivity index (χ2v) is 6.21. The van der Waals surface area contributed by atoms with Crippen LogP contribution in [0.3, 0.4) is 0 Å². The van der Waals surface area contributed by atoms with Crippen LogP contribution in [0, 0.1) is 0 Å². The van der Waals surface area contributed by atoms with E-state index in [1.165, 1.54) is 0 Å². The molecule has 3 N–H and O–H groups in total. The quantitative estimate of drug-likeness (QED) is 0.685. The van der Waals surface area contributed by atoms with Crippen LogP contribution in [0.4, 0.5) is 0 Å². The van der Waals surface area contributed by atoms with Crippen LogP contribution in [0.1, 0.15) is 42.4 Å². The molecular weight excluding hydrogens is 304 g/mol. The van der Waals surface area contributed by atoms with Crippen molar-refractivity contribution in [2.24, 2.45) is 0 Å². The molecule has 1 aromatic rings. The van der Waals surface area contributed by atoms with E-state index in [-0.39, 0.29) is 12.4 Å². The average Bonchev–Trinajstić information content (AvgIpc) is 2.43. The molecule has 8 nitrogen and oxygen atoms in total. The van der Waals surface area contributed by atoms with E-state index >= 15 is 0 Å². The zero-order chi connectivity index (χ0) is 17.2. The number of carbonyl (C=O) groups is 2. The highest BCUT2D eigenvalue weighted by Gasteiger charge is 2.25. The van der Waals surface area contributed by atoms with Gasteiger partial charge < -0.3 is 24.9 Å². The molecule has 0 spiro atoms. The van der Waals surface area contributed by atoms with Gasteiger partial charge in [0, 0.05) is 12.0 Å². The molecule has 1 aliphatic rings. The van der Waals surface area contributed by atoms with Crippen LogP contribution >= 0.6 is 0 Å². The number of ether oxygens (including phenoxy) is 2. The number of aromatic hydroxyl groups is 1. The van der Waals surface area contributed by atoms with Crippen molar-refractivity contribution in [1.82, 2.24) is 10.3 Å². The first-order chi connectivity index (χ1) is 10.7. The van der Waals surface area contributed by atoms with Crippen molar-refractivity contribution in [3.8, 4) is 5.75 Å². The minimum absolute atomic E-state index is 0.179. The van der Waals surface area contributed by atoms with Crippen LogP contribution in [0.2, 0.25) is 0 Å². The van der Waals surface area contributed by atoms with E-state index < -0.39 is 35.1 Å². The standard InChI is InChI=1S/C15H20N2O6/c1-15(2,3)23-10(18)6-16-13(20)11-12(19)8-4-5-22-7-9(8)17-14(11)21/h4-7H2,1-3H3,(H,16,20)(H2,17,19,21). The summed E-state index contributed by atoms with van der Waals surface area (Å²) in [4.78, 5) is 38.2. The Morgan fingerprint density at radius 3 is 2.74 bits per heavy atom. The molecule has 0 saturated heterocycles. The lowest BCUT2D eigenvalue weighted by atomic mass is 10.0. The number of aromatic nitrogens is 1. The van der Waals surface area contributed by atoms with Gasteiger partial charge in [-0.25, -0.2) is 0 Å². The van der Waals surface area contributed by atoms with Gasteiger partial charge in [0.1, 0.15) is 23.5 Å². The predicted molar refractivity (Wildman–Crippen MR) is 80.3 cm³/mol. The van der Waals surface area contributed by atoms with Crippen molar-refractivity contribution < 1.29 is 24.2 Å². The van der Waals surface area contributed by atoms with E-state index in [1.54, 1.807) is 20.8 Å². The number of nitrogens with one attached hydrogen (secondary N) is 2. The molecule has 2 rings (SSSR count). The van der Waals surface area contributed by atoms with Crippen molar-refractivity contribution in [3.05, 3.63) is 27.2 Å². The van der Waals surface area contributed by atoms with Gasteiger partial charge in [0.25, 0.3) is 11.5 Å². The minimum Gasteiger partial charge on any atom is -0.507 e. The van der Waals surface area contributed by atoms with Crippen LogP contribution in [0.15, 0.2) is 4.79 Å². The monoisotopic (exact) mass is 324 g/mol. The van der Waals surface area contributed by atoms with Crippen LogP contribution in [-0.4, -0.2) is 40.7 Å². The Hall–Kier alpha value is -2.35. The fourth-order valence-corrected chi connectivity index (χ4v) is 2.25. The van der Waals surface area contributed by atoms with Gasteiger partial charge in [-0.2, -0.15) is 0 Å². The molecule has 126 valence electrons. The van der Waals surface area contributed by atoms with Gasteiger partial charge >= 0.3 is 5.97 Å². The molecule has 0 unspecified atom stereocenters. The van der Waals surface area contributed by atoms with Crippen LogP contribution in [0.25, 0.3) is 0 Å². The third kappa shape index (κ3) is 4.10. The van der Waals surface area contributed by atoms with Gasteiger partial charge in [-0.1, -0.05) is 0 Å². The lowest BCUT2D eigenvalue weighted by Gasteiger charge is -2.20. The highest BCUT2D eigenvalue weighted by Crippen LogP contribution is 2.25. The number of hydrogen-bond donors (Lipinski definition) is 3. The number of H-pyrrole nitrogens is 1. The molecule has 0 bridgehead atoms. The first kappa shape index (κ1) is 17.0. The third-order valence-corrected chi connectivity index (χ3v) is 3.16. The van der Waals surface area contributed by atoms with Crippen molar-refractivity contribution in [3.63, 3.8) is 0 Å². The lowest BCUT2D eigenvalue weighted by molar-refractivity contribution is -0.153. The summed E-state index contributed by atoms with van der Waals surface area (Å²) in [6, 6.07) is 0. The van der Waals surface area contributed by atoms with Gasteiger partial charge in [-0.3, -0.25) is 14.4 Å². The maximum absolute atomic E-state index is 12.1. The zero-order valence-corrected chi connectivity index (χ0v) is 13.3. The Labute approximate surface area is 132 Å². The largest absolute Gasteiger partial charge is 0.507 e. The summed E-state index contributed by atoms with van der Waals surface area (Å²) in [6.07, 6.45) is 0.393. The second-order valence-electron chi connectivity index (χ2n) is 6.21. The summed E-state index contributed by atoms with van der Waals surface area (Å²) in [5.74, 6) is -1.83. The third-order valence-electron chi connectivity index (χ3n) is 3.16. The number of pyridine rings is 1. The zero-order valence-electron chi connectivity index (χ0n) is 13.3. The Kier molecular flexibility index (Phi) is 4.74. The molecule has 0 aromatic carbocycles. The van der Waals surface area contributed by atoms with Crippen molar-refractivity contribution in [1.29, 1.82) is 0 Å². The maximum Gasteiger partial charge on any atom is 0.325 e. The fraction of sp³-hybridized carbons (Fsp3) is 0.533. The van der Waals surface area contributed by atoms with E-state index in [9.17, 15) is 19.5 Å². The maximum atomic E-state index is 12.1. The number of fused-ring (bicyclic) bond motifs is 1. The van der Waals surface area contributed by atoms with E-state index in [4.69, 9.17) is 9.47 Å². The van der Waals surface area contributed by atoms with Crippen molar-refractivity contribution >= 4 is 11.9 Å². The Morgan fingerprint density at radius 2 is 2.09 bits per heavy atom. The normalized spacial score (nSPS) is 14.0. The van der Waals surface area contributed by atoms with Crippen LogP contribution in [-0.2, 0) is 27.3 Å². The summed E-state index contributed by atoms with van der Waals surface area (Å²) in [5, 5.41) is 12.5. The number of hydrogen-bond acceptors (Lipinski definition) is 6. The molecule has 23 heavy (non-hydrogen) atoms. The molecule has 0 fully saturated rings. The van der Waals surface area contributed by atoms with Gasteiger partial charge in [0.2, 0.25) is 0 Å². The molecule has 1 aliphatic heterocycles. The van der Waals surface area contributed by atoms with Crippen LogP contribution < -0.4 is 10.9 Å². The van der Waals surface area contributed by atoms with Gasteiger partial charge in [-0.15, -0.1) is 0 Å². The second kappa shape index (κ2) is 6.41. The van der Waals surface area contributed by atoms with Crippen LogP contribution in [0.5, 0.6) is 5.75 Å². The molecule has 0 aliphatic carbocycles. The molecular formula is C15H20N2O6. The number of amides is 1. The lowest BCUT2D eigenvalue weighted by Crippen LogP contribution is -2.37. The Bertz CT molecular complexity index is 686. The molecule has 1 aromatic heterocycles.